The third-order valence-corrected chi connectivity index (χ3v) is 4.88. The molecular weight excluding hydrogens is 356 g/mol. The fourth-order valence-corrected chi connectivity index (χ4v) is 3.36. The van der Waals surface area contributed by atoms with E-state index < -0.39 is 42.2 Å². The second kappa shape index (κ2) is 8.94. The summed E-state index contributed by atoms with van der Waals surface area (Å²) in [5.74, 6) is -2.68. The smallest absolute Gasteiger partial charge is 0.328 e. The lowest BCUT2D eigenvalue weighted by Gasteiger charge is -2.38. The van der Waals surface area contributed by atoms with Crippen LogP contribution in [0.25, 0.3) is 0 Å². The topological polar surface area (TPSA) is 125 Å². The van der Waals surface area contributed by atoms with E-state index in [9.17, 15) is 24.0 Å². The van der Waals surface area contributed by atoms with Crippen LogP contribution in [-0.4, -0.2) is 91.7 Å². The molecule has 0 saturated carbocycles. The summed E-state index contributed by atoms with van der Waals surface area (Å²) in [5.41, 5.74) is 0. The summed E-state index contributed by atoms with van der Waals surface area (Å²) in [6, 6.07) is -1.40. The Labute approximate surface area is 157 Å². The van der Waals surface area contributed by atoms with Gasteiger partial charge in [0.15, 0.2) is 0 Å². The molecule has 3 amide bonds. The second-order valence-corrected chi connectivity index (χ2v) is 6.90. The van der Waals surface area contributed by atoms with Crippen LogP contribution in [0.4, 0.5) is 0 Å². The van der Waals surface area contributed by atoms with Gasteiger partial charge in [0.25, 0.3) is 5.91 Å². The van der Waals surface area contributed by atoms with E-state index in [1.54, 1.807) is 7.05 Å². The van der Waals surface area contributed by atoms with Gasteiger partial charge in [-0.2, -0.15) is 0 Å². The zero-order chi connectivity index (χ0) is 20.1. The van der Waals surface area contributed by atoms with Gasteiger partial charge in [-0.1, -0.05) is 6.92 Å². The molecule has 2 unspecified atom stereocenters. The maximum Gasteiger partial charge on any atom is 0.328 e. The third-order valence-electron chi connectivity index (χ3n) is 4.88. The Balaban J connectivity index is 1.88. The first-order valence-corrected chi connectivity index (χ1v) is 8.93. The van der Waals surface area contributed by atoms with E-state index in [0.29, 0.717) is 25.9 Å². The fraction of sp³-hybridized carbons (Fsp3) is 0.706. The minimum atomic E-state index is -0.820. The molecule has 2 rings (SSSR count). The van der Waals surface area contributed by atoms with E-state index >= 15 is 0 Å². The van der Waals surface area contributed by atoms with Crippen molar-refractivity contribution in [2.24, 2.45) is 5.92 Å². The van der Waals surface area contributed by atoms with Gasteiger partial charge in [0.05, 0.1) is 20.2 Å². The number of likely N-dealkylation sites (N-methyl/N-ethyl adjacent to an activating group) is 1. The Morgan fingerprint density at radius 2 is 1.78 bits per heavy atom. The standard InChI is InChI=1S/C17H26N4O6/c1-10-6-12(21(9-10)14(23)8-18-2)15(24)19-7-13(22)16(25)20-5-4-11(20)17(26)27-3/h10-12,18H,4-9H2,1-3H3,(H,19,24)/t10-,11?,12?/m1/s1. The van der Waals surface area contributed by atoms with Crippen molar-refractivity contribution in [2.75, 3.05) is 40.3 Å². The molecule has 2 fully saturated rings. The van der Waals surface area contributed by atoms with Gasteiger partial charge in [-0.15, -0.1) is 0 Å². The first kappa shape index (κ1) is 20.8. The predicted molar refractivity (Wildman–Crippen MR) is 93.4 cm³/mol. The van der Waals surface area contributed by atoms with Crippen LogP contribution >= 0.6 is 0 Å². The Bertz CT molecular complexity index is 637. The minimum Gasteiger partial charge on any atom is -0.467 e. The highest BCUT2D eigenvalue weighted by molar-refractivity contribution is 6.37. The number of Topliss-reactive ketones (excluding diaryl/α,β-unsaturated/α-hetero) is 1. The number of nitrogens with zero attached hydrogens (tertiary/aromatic N) is 2. The van der Waals surface area contributed by atoms with Crippen LogP contribution < -0.4 is 10.6 Å². The van der Waals surface area contributed by atoms with Crippen molar-refractivity contribution in [1.29, 1.82) is 0 Å². The number of esters is 1. The lowest BCUT2D eigenvalue weighted by atomic mass is 10.0. The molecular formula is C17H26N4O6. The molecule has 0 spiro atoms. The van der Waals surface area contributed by atoms with Crippen molar-refractivity contribution in [3.63, 3.8) is 0 Å². The molecule has 2 saturated heterocycles. The number of carbonyl (C=O) groups is 5. The van der Waals surface area contributed by atoms with Gasteiger partial charge in [-0.3, -0.25) is 19.2 Å². The highest BCUT2D eigenvalue weighted by Gasteiger charge is 2.41. The minimum absolute atomic E-state index is 0.123. The summed E-state index contributed by atoms with van der Waals surface area (Å²) in [5, 5.41) is 5.21. The Morgan fingerprint density at radius 1 is 1.07 bits per heavy atom. The number of ether oxygens (including phenoxy) is 1. The molecule has 0 radical (unpaired) electrons. The summed E-state index contributed by atoms with van der Waals surface area (Å²) in [7, 11) is 2.86. The molecule has 0 aromatic carbocycles. The van der Waals surface area contributed by atoms with Crippen LogP contribution in [0.5, 0.6) is 0 Å². The van der Waals surface area contributed by atoms with E-state index in [0.717, 1.165) is 4.90 Å². The van der Waals surface area contributed by atoms with Crippen LogP contribution in [0.15, 0.2) is 0 Å². The predicted octanol–water partition coefficient (Wildman–Crippen LogP) is -2.10. The molecule has 10 nitrogen and oxygen atoms in total. The first-order chi connectivity index (χ1) is 12.8. The van der Waals surface area contributed by atoms with E-state index in [1.165, 1.54) is 12.0 Å². The van der Waals surface area contributed by atoms with Crippen molar-refractivity contribution in [3.05, 3.63) is 0 Å². The van der Waals surface area contributed by atoms with Gasteiger partial charge in [0, 0.05) is 13.1 Å². The highest BCUT2D eigenvalue weighted by atomic mass is 16.5. The summed E-state index contributed by atoms with van der Waals surface area (Å²) < 4.78 is 4.59. The Hall–Kier alpha value is -2.49. The molecule has 0 aromatic rings. The number of ketones is 1. The van der Waals surface area contributed by atoms with Gasteiger partial charge >= 0.3 is 5.97 Å². The molecule has 0 bridgehead atoms. The van der Waals surface area contributed by atoms with Gasteiger partial charge in [-0.05, 0) is 25.8 Å². The molecule has 150 valence electrons. The maximum absolute atomic E-state index is 12.4. The van der Waals surface area contributed by atoms with E-state index in [2.05, 4.69) is 15.4 Å². The molecule has 2 aliphatic heterocycles. The van der Waals surface area contributed by atoms with Crippen molar-refractivity contribution >= 4 is 29.5 Å². The average Bonchev–Trinajstić information content (AvgIpc) is 3.00. The lowest BCUT2D eigenvalue weighted by molar-refractivity contribution is -0.162. The summed E-state index contributed by atoms with van der Waals surface area (Å²) in [6.45, 7) is 2.36. The van der Waals surface area contributed by atoms with Crippen LogP contribution in [0, 0.1) is 5.92 Å². The zero-order valence-corrected chi connectivity index (χ0v) is 15.8. The van der Waals surface area contributed by atoms with Crippen LogP contribution in [0.3, 0.4) is 0 Å². The number of hydrogen-bond acceptors (Lipinski definition) is 7. The normalized spacial score (nSPS) is 24.2. The van der Waals surface area contributed by atoms with Gasteiger partial charge in [-0.25, -0.2) is 4.79 Å². The average molecular weight is 382 g/mol. The van der Waals surface area contributed by atoms with Gasteiger partial charge < -0.3 is 25.2 Å². The number of carbonyl (C=O) groups excluding carboxylic acids is 5. The van der Waals surface area contributed by atoms with Crippen molar-refractivity contribution in [3.8, 4) is 0 Å². The fourth-order valence-electron chi connectivity index (χ4n) is 3.36. The molecule has 2 N–H and O–H groups in total. The lowest BCUT2D eigenvalue weighted by Crippen LogP contribution is -2.58. The number of nitrogens with one attached hydrogen (secondary N) is 2. The Morgan fingerprint density at radius 3 is 2.33 bits per heavy atom. The van der Waals surface area contributed by atoms with Gasteiger partial charge in [0.1, 0.15) is 12.1 Å². The SMILES string of the molecule is CNCC(=O)N1C[C@H](C)CC1C(=O)NCC(=O)C(=O)N1CCC1C(=O)OC. The molecule has 0 aliphatic carbocycles. The van der Waals surface area contributed by atoms with E-state index in [-0.39, 0.29) is 18.4 Å². The third kappa shape index (κ3) is 4.62. The van der Waals surface area contributed by atoms with Crippen LogP contribution in [0.2, 0.25) is 0 Å². The molecule has 10 heteroatoms. The number of methoxy groups -OCH3 is 1. The second-order valence-electron chi connectivity index (χ2n) is 6.90. The van der Waals surface area contributed by atoms with Crippen molar-refractivity contribution < 1.29 is 28.7 Å². The number of hydrogen-bond donors (Lipinski definition) is 2. The first-order valence-electron chi connectivity index (χ1n) is 8.93. The molecule has 2 aliphatic rings. The van der Waals surface area contributed by atoms with Crippen LogP contribution in [0.1, 0.15) is 19.8 Å². The van der Waals surface area contributed by atoms with Crippen molar-refractivity contribution in [1.82, 2.24) is 20.4 Å². The molecule has 3 atom stereocenters. The quantitative estimate of drug-likeness (QED) is 0.382. The number of rotatable bonds is 7. The Kier molecular flexibility index (Phi) is 6.89. The molecule has 27 heavy (non-hydrogen) atoms. The van der Waals surface area contributed by atoms with Crippen molar-refractivity contribution in [2.45, 2.75) is 31.8 Å². The summed E-state index contributed by atoms with van der Waals surface area (Å²) >= 11 is 0. The number of amides is 3. The largest absolute Gasteiger partial charge is 0.467 e. The zero-order valence-electron chi connectivity index (χ0n) is 15.8. The highest BCUT2D eigenvalue weighted by Crippen LogP contribution is 2.23. The van der Waals surface area contributed by atoms with Crippen LogP contribution in [-0.2, 0) is 28.7 Å². The van der Waals surface area contributed by atoms with Gasteiger partial charge in [0.2, 0.25) is 17.6 Å². The monoisotopic (exact) mass is 382 g/mol. The molecule has 2 heterocycles. The summed E-state index contributed by atoms with van der Waals surface area (Å²) in [4.78, 5) is 62.9. The summed E-state index contributed by atoms with van der Waals surface area (Å²) in [6.07, 6.45) is 0.945. The molecule has 0 aromatic heterocycles. The van der Waals surface area contributed by atoms with E-state index in [1.807, 2.05) is 6.92 Å². The maximum atomic E-state index is 12.4. The number of likely N-dealkylation sites (tertiary alicyclic amines) is 2. The van der Waals surface area contributed by atoms with E-state index in [4.69, 9.17) is 0 Å².